The molecule has 9 nitrogen and oxygen atoms in total. The van der Waals surface area contributed by atoms with Crippen LogP contribution in [0.1, 0.15) is 12.6 Å². The maximum absolute atomic E-state index is 12.7. The molecule has 0 amide bonds. The highest BCUT2D eigenvalue weighted by atomic mass is 32.2. The van der Waals surface area contributed by atoms with Gasteiger partial charge in [0.15, 0.2) is 4.91 Å². The molecule has 37 heavy (non-hydrogen) atoms. The zero-order valence-corrected chi connectivity index (χ0v) is 22.2. The normalized spacial score (nSPS) is 16.5. The van der Waals surface area contributed by atoms with Gasteiger partial charge in [-0.25, -0.2) is 13.1 Å². The highest BCUT2D eigenvalue weighted by molar-refractivity contribution is 7.93. The van der Waals surface area contributed by atoms with Gasteiger partial charge in [-0.3, -0.25) is 0 Å². The fourth-order valence-electron chi connectivity index (χ4n) is 4.64. The molecule has 1 aromatic heterocycles. The van der Waals surface area contributed by atoms with Gasteiger partial charge >= 0.3 is 0 Å². The van der Waals surface area contributed by atoms with E-state index in [0.29, 0.717) is 11.3 Å². The van der Waals surface area contributed by atoms with E-state index < -0.39 is 27.6 Å². The van der Waals surface area contributed by atoms with Crippen molar-refractivity contribution in [3.05, 3.63) is 59.1 Å². The highest BCUT2D eigenvalue weighted by Gasteiger charge is 2.23. The summed E-state index contributed by atoms with van der Waals surface area (Å²) >= 11 is 0. The SMILES string of the molecule is CC(=C(C#N)S(=O)(=O)NCC(O)CO)c1ccc(-c2ccc3cc(N4CCN(C)CC4)ccc3c2)n1C. The van der Waals surface area contributed by atoms with E-state index in [9.17, 15) is 18.8 Å². The summed E-state index contributed by atoms with van der Waals surface area (Å²) in [5, 5.41) is 30.3. The molecular weight excluding hydrogens is 490 g/mol. The first-order valence-electron chi connectivity index (χ1n) is 12.2. The lowest BCUT2D eigenvalue weighted by atomic mass is 10.0. The summed E-state index contributed by atoms with van der Waals surface area (Å²) in [6.45, 7) is 4.74. The first kappa shape index (κ1) is 26.9. The van der Waals surface area contributed by atoms with Gasteiger partial charge in [0.2, 0.25) is 0 Å². The van der Waals surface area contributed by atoms with E-state index in [-0.39, 0.29) is 6.54 Å². The number of sulfonamides is 1. The Labute approximate surface area is 217 Å². The van der Waals surface area contributed by atoms with Crippen LogP contribution in [0, 0.1) is 11.3 Å². The van der Waals surface area contributed by atoms with E-state index in [1.807, 2.05) is 23.7 Å². The van der Waals surface area contributed by atoms with E-state index in [1.54, 1.807) is 19.1 Å². The monoisotopic (exact) mass is 523 g/mol. The van der Waals surface area contributed by atoms with E-state index >= 15 is 0 Å². The number of anilines is 1. The molecule has 196 valence electrons. The van der Waals surface area contributed by atoms with E-state index in [4.69, 9.17) is 5.11 Å². The van der Waals surface area contributed by atoms with Crippen molar-refractivity contribution in [2.75, 3.05) is 51.3 Å². The maximum atomic E-state index is 12.7. The predicted octanol–water partition coefficient (Wildman–Crippen LogP) is 2.12. The Morgan fingerprint density at radius 3 is 2.41 bits per heavy atom. The van der Waals surface area contributed by atoms with Crippen molar-refractivity contribution in [3.8, 4) is 17.3 Å². The third kappa shape index (κ3) is 5.71. The third-order valence-electron chi connectivity index (χ3n) is 6.92. The van der Waals surface area contributed by atoms with Crippen molar-refractivity contribution in [2.24, 2.45) is 7.05 Å². The molecule has 2 heterocycles. The second-order valence-electron chi connectivity index (χ2n) is 9.45. The first-order valence-corrected chi connectivity index (χ1v) is 13.7. The number of likely N-dealkylation sites (N-methyl/N-ethyl adjacent to an activating group) is 1. The van der Waals surface area contributed by atoms with Crippen LogP contribution < -0.4 is 9.62 Å². The van der Waals surface area contributed by atoms with Crippen molar-refractivity contribution >= 4 is 32.1 Å². The summed E-state index contributed by atoms with van der Waals surface area (Å²) in [4.78, 5) is 4.31. The van der Waals surface area contributed by atoms with Crippen LogP contribution in [0.5, 0.6) is 0 Å². The van der Waals surface area contributed by atoms with Crippen LogP contribution in [0.15, 0.2) is 53.4 Å². The number of aliphatic hydroxyl groups excluding tert-OH is 2. The predicted molar refractivity (Wildman–Crippen MR) is 146 cm³/mol. The molecule has 0 bridgehead atoms. The second-order valence-corrected chi connectivity index (χ2v) is 11.2. The molecule has 3 aromatic rings. The molecule has 1 aliphatic heterocycles. The number of hydrogen-bond donors (Lipinski definition) is 3. The molecule has 10 heteroatoms. The maximum Gasteiger partial charge on any atom is 0.251 e. The molecule has 0 aliphatic carbocycles. The number of allylic oxidation sites excluding steroid dienone is 2. The molecular formula is C27H33N5O4S. The van der Waals surface area contributed by atoms with Gasteiger partial charge in [0, 0.05) is 62.4 Å². The Bertz CT molecular complexity index is 1460. The Hall–Kier alpha value is -3.20. The van der Waals surface area contributed by atoms with Gasteiger partial charge in [-0.15, -0.1) is 0 Å². The van der Waals surface area contributed by atoms with Crippen LogP contribution in [0.3, 0.4) is 0 Å². The fourth-order valence-corrected chi connectivity index (χ4v) is 5.82. The summed E-state index contributed by atoms with van der Waals surface area (Å²) in [7, 11) is -0.186. The van der Waals surface area contributed by atoms with Gasteiger partial charge in [0.25, 0.3) is 10.0 Å². The summed E-state index contributed by atoms with van der Waals surface area (Å²) in [6.07, 6.45) is -1.25. The highest BCUT2D eigenvalue weighted by Crippen LogP contribution is 2.31. The summed E-state index contributed by atoms with van der Waals surface area (Å²) < 4.78 is 29.4. The average molecular weight is 524 g/mol. The number of nitriles is 1. The minimum atomic E-state index is -4.17. The van der Waals surface area contributed by atoms with Crippen molar-refractivity contribution in [1.29, 1.82) is 5.26 Å². The lowest BCUT2D eigenvalue weighted by molar-refractivity contribution is 0.0989. The number of nitrogens with zero attached hydrogens (tertiary/aromatic N) is 4. The Balaban J connectivity index is 1.62. The minimum Gasteiger partial charge on any atom is -0.394 e. The van der Waals surface area contributed by atoms with Crippen LogP contribution in [-0.2, 0) is 17.1 Å². The number of aliphatic hydroxyl groups is 2. The standard InChI is InChI=1S/C27H33N5O4S/c1-19(27(16-28)37(35,36)29-17-24(34)18-33)25-8-9-26(31(25)3)22-5-4-21-15-23(7-6-20(21)14-22)32-12-10-30(2)11-13-32/h4-9,14-15,24,29,33-34H,10-13,17-18H2,1-3H3. The zero-order chi connectivity index (χ0) is 26.7. The molecule has 1 atom stereocenters. The largest absolute Gasteiger partial charge is 0.394 e. The van der Waals surface area contributed by atoms with Crippen molar-refractivity contribution in [3.63, 3.8) is 0 Å². The number of hydrogen-bond acceptors (Lipinski definition) is 7. The first-order chi connectivity index (χ1) is 17.6. The molecule has 1 saturated heterocycles. The van der Waals surface area contributed by atoms with Gasteiger partial charge in [0.05, 0.1) is 12.7 Å². The Morgan fingerprint density at radius 2 is 1.73 bits per heavy atom. The van der Waals surface area contributed by atoms with E-state index in [2.05, 4.69) is 51.9 Å². The average Bonchev–Trinajstić information content (AvgIpc) is 3.28. The molecule has 0 radical (unpaired) electrons. The van der Waals surface area contributed by atoms with Crippen LogP contribution >= 0.6 is 0 Å². The molecule has 4 rings (SSSR count). The quantitative estimate of drug-likeness (QED) is 0.387. The Morgan fingerprint density at radius 1 is 1.05 bits per heavy atom. The molecule has 3 N–H and O–H groups in total. The molecule has 0 spiro atoms. The third-order valence-corrected chi connectivity index (χ3v) is 8.41. The van der Waals surface area contributed by atoms with Crippen molar-refractivity contribution < 1.29 is 18.6 Å². The van der Waals surface area contributed by atoms with Gasteiger partial charge in [-0.1, -0.05) is 18.2 Å². The number of aromatic nitrogens is 1. The summed E-state index contributed by atoms with van der Waals surface area (Å²) in [6, 6.07) is 18.3. The van der Waals surface area contributed by atoms with Gasteiger partial charge in [0.1, 0.15) is 6.07 Å². The Kier molecular flexibility index (Phi) is 8.02. The number of benzene rings is 2. The number of fused-ring (bicyclic) bond motifs is 1. The van der Waals surface area contributed by atoms with Crippen molar-refractivity contribution in [1.82, 2.24) is 14.2 Å². The summed E-state index contributed by atoms with van der Waals surface area (Å²) in [5.74, 6) is 0. The number of piperazine rings is 1. The van der Waals surface area contributed by atoms with Gasteiger partial charge in [-0.05, 0) is 60.6 Å². The van der Waals surface area contributed by atoms with E-state index in [0.717, 1.165) is 48.2 Å². The number of rotatable bonds is 8. The fraction of sp³-hybridized carbons (Fsp3) is 0.370. The van der Waals surface area contributed by atoms with Gasteiger partial charge in [-0.2, -0.15) is 5.26 Å². The zero-order valence-electron chi connectivity index (χ0n) is 21.3. The minimum absolute atomic E-state index is 0.292. The van der Waals surface area contributed by atoms with Crippen LogP contribution in [0.25, 0.3) is 27.6 Å². The van der Waals surface area contributed by atoms with Crippen LogP contribution in [0.2, 0.25) is 0 Å². The van der Waals surface area contributed by atoms with Crippen LogP contribution in [-0.4, -0.2) is 80.6 Å². The lowest BCUT2D eigenvalue weighted by Crippen LogP contribution is -2.44. The summed E-state index contributed by atoms with van der Waals surface area (Å²) in [5.41, 5.74) is 3.97. The topological polar surface area (TPSA) is 122 Å². The molecule has 2 aromatic carbocycles. The lowest BCUT2D eigenvalue weighted by Gasteiger charge is -2.34. The van der Waals surface area contributed by atoms with Crippen molar-refractivity contribution in [2.45, 2.75) is 13.0 Å². The van der Waals surface area contributed by atoms with Crippen LogP contribution in [0.4, 0.5) is 5.69 Å². The van der Waals surface area contributed by atoms with Gasteiger partial charge < -0.3 is 24.6 Å². The molecule has 1 unspecified atom stereocenters. The smallest absolute Gasteiger partial charge is 0.251 e. The number of nitrogens with one attached hydrogen (secondary N) is 1. The molecule has 0 saturated carbocycles. The molecule has 1 fully saturated rings. The molecule has 1 aliphatic rings. The van der Waals surface area contributed by atoms with E-state index in [1.165, 1.54) is 5.69 Å². The second kappa shape index (κ2) is 11.0.